The van der Waals surface area contributed by atoms with Crippen molar-refractivity contribution in [2.24, 2.45) is 0 Å². The lowest BCUT2D eigenvalue weighted by atomic mass is 9.98. The van der Waals surface area contributed by atoms with Crippen molar-refractivity contribution in [3.8, 4) is 16.5 Å². The lowest BCUT2D eigenvalue weighted by Gasteiger charge is -2.30. The number of benzene rings is 1. The number of rotatable bonds is 5. The monoisotopic (exact) mass is 421 g/mol. The minimum Gasteiger partial charge on any atom is -0.497 e. The van der Waals surface area contributed by atoms with Crippen LogP contribution in [0.25, 0.3) is 21.7 Å². The molecule has 0 N–H and O–H groups in total. The maximum Gasteiger partial charge on any atom is 0.259 e. The van der Waals surface area contributed by atoms with Crippen LogP contribution in [0.2, 0.25) is 0 Å². The van der Waals surface area contributed by atoms with Gasteiger partial charge in [0.1, 0.15) is 10.6 Å². The first-order valence-electron chi connectivity index (χ1n) is 10.1. The molecule has 4 aromatic rings. The number of thiazole rings is 1. The largest absolute Gasteiger partial charge is 0.497 e. The normalized spacial score (nSPS) is 17.5. The number of hydrogen-bond donors (Lipinski definition) is 0. The Balaban J connectivity index is 1.29. The molecular formula is C22H23N5O2S. The lowest BCUT2D eigenvalue weighted by Crippen LogP contribution is -2.34. The van der Waals surface area contributed by atoms with Gasteiger partial charge in [-0.15, -0.1) is 21.5 Å². The molecule has 0 saturated carbocycles. The van der Waals surface area contributed by atoms with Crippen molar-refractivity contribution in [3.05, 3.63) is 53.1 Å². The van der Waals surface area contributed by atoms with Crippen molar-refractivity contribution in [2.45, 2.75) is 32.2 Å². The number of fused-ring (bicyclic) bond motifs is 1. The number of piperidine rings is 1. The Labute approximate surface area is 178 Å². The summed E-state index contributed by atoms with van der Waals surface area (Å²) in [6.45, 7) is 4.72. The third kappa shape index (κ3) is 3.80. The maximum absolute atomic E-state index is 6.02. The van der Waals surface area contributed by atoms with Gasteiger partial charge in [0.25, 0.3) is 5.89 Å². The lowest BCUT2D eigenvalue weighted by molar-refractivity contribution is 0.185. The predicted octanol–water partition coefficient (Wildman–Crippen LogP) is 4.44. The summed E-state index contributed by atoms with van der Waals surface area (Å²) in [5.74, 6) is 2.40. The Morgan fingerprint density at radius 3 is 3.00 bits per heavy atom. The van der Waals surface area contributed by atoms with Gasteiger partial charge in [0.05, 0.1) is 35.4 Å². The number of nitrogens with zero attached hydrogens (tertiary/aromatic N) is 5. The highest BCUT2D eigenvalue weighted by Crippen LogP contribution is 2.31. The molecule has 1 fully saturated rings. The summed E-state index contributed by atoms with van der Waals surface area (Å²) in [5.41, 5.74) is 4.80. The molecule has 5 rings (SSSR count). The zero-order valence-electron chi connectivity index (χ0n) is 17.0. The van der Waals surface area contributed by atoms with Crippen LogP contribution in [0.1, 0.15) is 36.0 Å². The highest BCUT2D eigenvalue weighted by atomic mass is 32.1. The summed E-state index contributed by atoms with van der Waals surface area (Å²) in [4.78, 5) is 12.5. The van der Waals surface area contributed by atoms with Crippen molar-refractivity contribution < 1.29 is 9.15 Å². The summed E-state index contributed by atoms with van der Waals surface area (Å²) in [6, 6.07) is 10.2. The standard InChI is InChI=1S/C22H23N5O2S/c1-14-20(30-13-23-14)22-26-25-21(29-22)16-4-3-9-27(11-16)12-17-6-5-15-10-18(28-2)7-8-19(15)24-17/h5-8,10,13,16H,3-4,9,11-12H2,1-2H3/t16-/m0/s1. The number of aryl methyl sites for hydroxylation is 1. The van der Waals surface area contributed by atoms with E-state index in [9.17, 15) is 0 Å². The summed E-state index contributed by atoms with van der Waals surface area (Å²) in [6.07, 6.45) is 2.16. The van der Waals surface area contributed by atoms with Crippen LogP contribution in [0, 0.1) is 6.92 Å². The van der Waals surface area contributed by atoms with Crippen LogP contribution in [0.3, 0.4) is 0 Å². The Morgan fingerprint density at radius 1 is 1.23 bits per heavy atom. The van der Waals surface area contributed by atoms with Crippen LogP contribution >= 0.6 is 11.3 Å². The second-order valence-electron chi connectivity index (χ2n) is 7.65. The molecule has 8 heteroatoms. The van der Waals surface area contributed by atoms with Gasteiger partial charge in [-0.25, -0.2) is 4.98 Å². The molecule has 30 heavy (non-hydrogen) atoms. The molecule has 154 valence electrons. The molecule has 0 unspecified atom stereocenters. The van der Waals surface area contributed by atoms with Gasteiger partial charge >= 0.3 is 0 Å². The molecule has 3 aromatic heterocycles. The molecule has 1 atom stereocenters. The van der Waals surface area contributed by atoms with Gasteiger partial charge in [-0.1, -0.05) is 6.07 Å². The molecule has 0 amide bonds. The van der Waals surface area contributed by atoms with Gasteiger partial charge in [-0.3, -0.25) is 9.88 Å². The highest BCUT2D eigenvalue weighted by Gasteiger charge is 2.27. The summed E-state index contributed by atoms with van der Waals surface area (Å²) in [5, 5.41) is 9.70. The highest BCUT2D eigenvalue weighted by molar-refractivity contribution is 7.13. The second kappa shape index (κ2) is 8.12. The maximum atomic E-state index is 6.02. The molecule has 1 saturated heterocycles. The van der Waals surface area contributed by atoms with Crippen LogP contribution in [-0.4, -0.2) is 45.3 Å². The Kier molecular flexibility index (Phi) is 5.18. The van der Waals surface area contributed by atoms with Gasteiger partial charge in [-0.2, -0.15) is 0 Å². The Bertz CT molecular complexity index is 1170. The minimum absolute atomic E-state index is 0.248. The minimum atomic E-state index is 0.248. The van der Waals surface area contributed by atoms with Gasteiger partial charge < -0.3 is 9.15 Å². The molecule has 7 nitrogen and oxygen atoms in total. The zero-order chi connectivity index (χ0) is 20.5. The number of hydrogen-bond acceptors (Lipinski definition) is 8. The molecule has 1 aliphatic heterocycles. The molecule has 4 heterocycles. The van der Waals surface area contributed by atoms with E-state index in [4.69, 9.17) is 14.1 Å². The topological polar surface area (TPSA) is 77.2 Å². The molecule has 1 aromatic carbocycles. The van der Waals surface area contributed by atoms with Crippen LogP contribution < -0.4 is 4.74 Å². The quantitative estimate of drug-likeness (QED) is 0.471. The molecule has 1 aliphatic rings. The third-order valence-electron chi connectivity index (χ3n) is 5.57. The molecular weight excluding hydrogens is 398 g/mol. The Hall–Kier alpha value is -2.84. The molecule has 0 spiro atoms. The van der Waals surface area contributed by atoms with E-state index in [1.165, 1.54) is 11.3 Å². The fraction of sp³-hybridized carbons (Fsp3) is 0.364. The number of ether oxygens (including phenoxy) is 1. The van der Waals surface area contributed by atoms with Gasteiger partial charge in [0.2, 0.25) is 5.89 Å². The van der Waals surface area contributed by atoms with Crippen molar-refractivity contribution in [3.63, 3.8) is 0 Å². The number of aromatic nitrogens is 4. The molecule has 0 bridgehead atoms. The van der Waals surface area contributed by atoms with Gasteiger partial charge in [0.15, 0.2) is 0 Å². The molecule has 0 radical (unpaired) electrons. The van der Waals surface area contributed by atoms with Crippen molar-refractivity contribution >= 4 is 22.2 Å². The summed E-state index contributed by atoms with van der Waals surface area (Å²) >= 11 is 1.53. The van der Waals surface area contributed by atoms with Crippen LogP contribution in [0.4, 0.5) is 0 Å². The van der Waals surface area contributed by atoms with Crippen LogP contribution in [0.5, 0.6) is 5.75 Å². The third-order valence-corrected chi connectivity index (χ3v) is 6.49. The summed E-state index contributed by atoms with van der Waals surface area (Å²) in [7, 11) is 1.68. The molecule has 0 aliphatic carbocycles. The number of likely N-dealkylation sites (tertiary alicyclic amines) is 1. The van der Waals surface area contributed by atoms with E-state index in [0.717, 1.165) is 71.3 Å². The summed E-state index contributed by atoms with van der Waals surface area (Å²) < 4.78 is 11.3. The SMILES string of the molecule is COc1ccc2nc(CN3CCC[C@H](c4nnc(-c5scnc5C)o4)C3)ccc2c1. The van der Waals surface area contributed by atoms with E-state index in [1.807, 2.05) is 30.6 Å². The van der Waals surface area contributed by atoms with E-state index in [-0.39, 0.29) is 5.92 Å². The van der Waals surface area contributed by atoms with Crippen molar-refractivity contribution in [1.82, 2.24) is 25.1 Å². The fourth-order valence-corrected chi connectivity index (χ4v) is 4.71. The smallest absolute Gasteiger partial charge is 0.259 e. The van der Waals surface area contributed by atoms with E-state index in [0.29, 0.717) is 5.89 Å². The second-order valence-corrected chi connectivity index (χ2v) is 8.50. The van der Waals surface area contributed by atoms with E-state index in [2.05, 4.69) is 32.2 Å². The van der Waals surface area contributed by atoms with E-state index >= 15 is 0 Å². The number of methoxy groups -OCH3 is 1. The zero-order valence-corrected chi connectivity index (χ0v) is 17.9. The fourth-order valence-electron chi connectivity index (χ4n) is 3.99. The van der Waals surface area contributed by atoms with Crippen LogP contribution in [0.15, 0.2) is 40.3 Å². The predicted molar refractivity (Wildman–Crippen MR) is 116 cm³/mol. The van der Waals surface area contributed by atoms with Gasteiger partial charge in [0, 0.05) is 18.5 Å². The van der Waals surface area contributed by atoms with Crippen molar-refractivity contribution in [2.75, 3.05) is 20.2 Å². The van der Waals surface area contributed by atoms with Crippen molar-refractivity contribution in [1.29, 1.82) is 0 Å². The van der Waals surface area contributed by atoms with E-state index < -0.39 is 0 Å². The Morgan fingerprint density at radius 2 is 2.17 bits per heavy atom. The first-order chi connectivity index (χ1) is 14.7. The number of pyridine rings is 1. The first-order valence-corrected chi connectivity index (χ1v) is 11.0. The van der Waals surface area contributed by atoms with Crippen LogP contribution in [-0.2, 0) is 6.54 Å². The first kappa shape index (κ1) is 19.1. The van der Waals surface area contributed by atoms with E-state index in [1.54, 1.807) is 7.11 Å². The average molecular weight is 422 g/mol. The van der Waals surface area contributed by atoms with Gasteiger partial charge in [-0.05, 0) is 50.6 Å². The average Bonchev–Trinajstić information content (AvgIpc) is 3.42.